The molecule has 34 heavy (non-hydrogen) atoms. The number of anilines is 2. The van der Waals surface area contributed by atoms with Crippen LogP contribution in [0.4, 0.5) is 11.4 Å². The van der Waals surface area contributed by atoms with Crippen LogP contribution >= 0.6 is 0 Å². The van der Waals surface area contributed by atoms with Crippen molar-refractivity contribution in [2.24, 2.45) is 0 Å². The molecule has 1 aliphatic heterocycles. The second-order valence-corrected chi connectivity index (χ2v) is 8.07. The number of fused-ring (bicyclic) bond motifs is 1. The van der Waals surface area contributed by atoms with E-state index >= 15 is 0 Å². The molecule has 7 nitrogen and oxygen atoms in total. The molecule has 0 aromatic heterocycles. The highest BCUT2D eigenvalue weighted by Gasteiger charge is 2.25. The summed E-state index contributed by atoms with van der Waals surface area (Å²) in [7, 11) is 0. The van der Waals surface area contributed by atoms with E-state index in [0.29, 0.717) is 42.4 Å². The number of hydrogen-bond acceptors (Lipinski definition) is 5. The van der Waals surface area contributed by atoms with Gasteiger partial charge < -0.3 is 24.4 Å². The fraction of sp³-hybridized carbons (Fsp3) is 0.259. The first-order chi connectivity index (χ1) is 16.5. The Morgan fingerprint density at radius 3 is 2.68 bits per heavy atom. The number of nitrogens with zero attached hydrogens (tertiary/aromatic N) is 1. The van der Waals surface area contributed by atoms with Gasteiger partial charge in [0.05, 0.1) is 12.3 Å². The topological polar surface area (TPSA) is 77.1 Å². The molecule has 1 aliphatic rings. The van der Waals surface area contributed by atoms with Gasteiger partial charge in [0.2, 0.25) is 0 Å². The van der Waals surface area contributed by atoms with E-state index in [-0.39, 0.29) is 25.0 Å². The Morgan fingerprint density at radius 1 is 1.03 bits per heavy atom. The number of nitrogens with one attached hydrogen (secondary N) is 1. The largest absolute Gasteiger partial charge is 0.494 e. The third-order valence-electron chi connectivity index (χ3n) is 5.64. The summed E-state index contributed by atoms with van der Waals surface area (Å²) >= 11 is 0. The molecular formula is C27H28N2O5. The summed E-state index contributed by atoms with van der Waals surface area (Å²) in [6.45, 7) is 4.80. The normalized spacial score (nSPS) is 12.5. The van der Waals surface area contributed by atoms with Gasteiger partial charge in [0.15, 0.2) is 13.2 Å². The minimum absolute atomic E-state index is 0.0120. The van der Waals surface area contributed by atoms with Gasteiger partial charge in [-0.05, 0) is 67.8 Å². The Morgan fingerprint density at radius 2 is 1.85 bits per heavy atom. The molecule has 4 rings (SSSR count). The molecule has 7 heteroatoms. The van der Waals surface area contributed by atoms with Crippen LogP contribution in [0.3, 0.4) is 0 Å². The summed E-state index contributed by atoms with van der Waals surface area (Å²) in [5.41, 5.74) is 3.31. The first-order valence-corrected chi connectivity index (χ1v) is 11.2. The minimum Gasteiger partial charge on any atom is -0.494 e. The number of carbonyl (C=O) groups is 2. The lowest BCUT2D eigenvalue weighted by atomic mass is 10.1. The molecular weight excluding hydrogens is 432 g/mol. The van der Waals surface area contributed by atoms with Crippen LogP contribution in [0.15, 0.2) is 66.7 Å². The molecule has 176 valence electrons. The average Bonchev–Trinajstić information content (AvgIpc) is 2.84. The second-order valence-electron chi connectivity index (χ2n) is 8.07. The van der Waals surface area contributed by atoms with Crippen LogP contribution in [0.2, 0.25) is 0 Å². The van der Waals surface area contributed by atoms with Gasteiger partial charge in [-0.2, -0.15) is 0 Å². The number of amides is 2. The van der Waals surface area contributed by atoms with E-state index in [1.165, 1.54) is 0 Å². The summed E-state index contributed by atoms with van der Waals surface area (Å²) in [4.78, 5) is 26.7. The van der Waals surface area contributed by atoms with Crippen molar-refractivity contribution in [3.63, 3.8) is 0 Å². The highest BCUT2D eigenvalue weighted by atomic mass is 16.5. The Labute approximate surface area is 199 Å². The van der Waals surface area contributed by atoms with Crippen molar-refractivity contribution >= 4 is 23.2 Å². The van der Waals surface area contributed by atoms with Gasteiger partial charge in [-0.1, -0.05) is 30.3 Å². The average molecular weight is 461 g/mol. The van der Waals surface area contributed by atoms with E-state index in [2.05, 4.69) is 5.32 Å². The lowest BCUT2D eigenvalue weighted by Gasteiger charge is -2.30. The van der Waals surface area contributed by atoms with Gasteiger partial charge in [-0.3, -0.25) is 9.59 Å². The maximum absolute atomic E-state index is 12.5. The molecule has 3 aromatic carbocycles. The first kappa shape index (κ1) is 23.2. The van der Waals surface area contributed by atoms with Crippen molar-refractivity contribution in [3.05, 3.63) is 77.9 Å². The molecule has 1 N–H and O–H groups in total. The van der Waals surface area contributed by atoms with Crippen LogP contribution < -0.4 is 24.4 Å². The smallest absolute Gasteiger partial charge is 0.265 e. The zero-order valence-corrected chi connectivity index (χ0v) is 19.4. The zero-order valence-electron chi connectivity index (χ0n) is 19.4. The number of hydrogen-bond donors (Lipinski definition) is 1. The van der Waals surface area contributed by atoms with Crippen LogP contribution in [0.1, 0.15) is 17.5 Å². The maximum Gasteiger partial charge on any atom is 0.265 e. The number of carbonyl (C=O) groups excluding carboxylic acids is 2. The molecule has 0 atom stereocenters. The van der Waals surface area contributed by atoms with E-state index in [0.717, 1.165) is 16.9 Å². The highest BCUT2D eigenvalue weighted by Crippen LogP contribution is 2.34. The summed E-state index contributed by atoms with van der Waals surface area (Å²) < 4.78 is 17.0. The van der Waals surface area contributed by atoms with Crippen LogP contribution in [0.25, 0.3) is 0 Å². The number of benzene rings is 3. The van der Waals surface area contributed by atoms with E-state index in [1.54, 1.807) is 23.1 Å². The molecule has 3 aromatic rings. The monoisotopic (exact) mass is 460 g/mol. The van der Waals surface area contributed by atoms with Gasteiger partial charge in [-0.15, -0.1) is 0 Å². The molecule has 0 bridgehead atoms. The van der Waals surface area contributed by atoms with Crippen molar-refractivity contribution in [2.45, 2.75) is 20.3 Å². The van der Waals surface area contributed by atoms with Crippen molar-refractivity contribution in [1.82, 2.24) is 0 Å². The molecule has 0 saturated carbocycles. The molecule has 0 spiro atoms. The molecule has 0 radical (unpaired) electrons. The van der Waals surface area contributed by atoms with E-state index in [1.807, 2.05) is 62.4 Å². The van der Waals surface area contributed by atoms with Gasteiger partial charge in [0.25, 0.3) is 11.8 Å². The molecule has 0 fully saturated rings. The molecule has 0 aliphatic carbocycles. The van der Waals surface area contributed by atoms with Gasteiger partial charge in [0, 0.05) is 12.2 Å². The lowest BCUT2D eigenvalue weighted by Crippen LogP contribution is -2.39. The third-order valence-corrected chi connectivity index (χ3v) is 5.64. The van der Waals surface area contributed by atoms with E-state index in [4.69, 9.17) is 14.2 Å². The van der Waals surface area contributed by atoms with Crippen LogP contribution in [-0.2, 0) is 9.59 Å². The van der Waals surface area contributed by atoms with Crippen LogP contribution in [-0.4, -0.2) is 38.2 Å². The molecule has 0 saturated heterocycles. The first-order valence-electron chi connectivity index (χ1n) is 11.2. The van der Waals surface area contributed by atoms with Crippen molar-refractivity contribution < 1.29 is 23.8 Å². The second kappa shape index (κ2) is 10.7. The quantitative estimate of drug-likeness (QED) is 0.475. The predicted molar refractivity (Wildman–Crippen MR) is 131 cm³/mol. The van der Waals surface area contributed by atoms with Crippen molar-refractivity contribution in [1.29, 1.82) is 0 Å². The van der Waals surface area contributed by atoms with Crippen molar-refractivity contribution in [3.8, 4) is 17.2 Å². The zero-order chi connectivity index (χ0) is 23.9. The van der Waals surface area contributed by atoms with Gasteiger partial charge >= 0.3 is 0 Å². The summed E-state index contributed by atoms with van der Waals surface area (Å²) in [6.07, 6.45) is 0.653. The number of aryl methyl sites for hydroxylation is 1. The SMILES string of the molecule is Cc1cccc(OCC(=O)Nc2ccc3c(c2)N(CCCOc2ccccc2)C(=O)CO3)c1C. The predicted octanol–water partition coefficient (Wildman–Crippen LogP) is 4.52. The van der Waals surface area contributed by atoms with Gasteiger partial charge in [0.1, 0.15) is 17.2 Å². The Kier molecular flexibility index (Phi) is 7.32. The summed E-state index contributed by atoms with van der Waals surface area (Å²) in [6, 6.07) is 20.6. The Bertz CT molecular complexity index is 1160. The molecule has 1 heterocycles. The Balaban J connectivity index is 1.36. The Hall–Kier alpha value is -4.00. The molecule has 2 amide bonds. The number of para-hydroxylation sites is 1. The van der Waals surface area contributed by atoms with Crippen molar-refractivity contribution in [2.75, 3.05) is 36.6 Å². The maximum atomic E-state index is 12.5. The minimum atomic E-state index is -0.285. The third kappa shape index (κ3) is 5.67. The highest BCUT2D eigenvalue weighted by molar-refractivity contribution is 5.99. The lowest BCUT2D eigenvalue weighted by molar-refractivity contribution is -0.121. The summed E-state index contributed by atoms with van der Waals surface area (Å²) in [5.74, 6) is 1.67. The van der Waals surface area contributed by atoms with E-state index in [9.17, 15) is 9.59 Å². The standard InChI is InChI=1S/C27H28N2O5/c1-19-8-6-11-24(20(19)2)33-17-26(30)28-21-12-13-25-23(16-21)29(27(31)18-34-25)14-7-15-32-22-9-4-3-5-10-22/h3-6,8-13,16H,7,14-15,17-18H2,1-2H3,(H,28,30). The number of ether oxygens (including phenoxy) is 3. The van der Waals surface area contributed by atoms with E-state index < -0.39 is 0 Å². The summed E-state index contributed by atoms with van der Waals surface area (Å²) in [5, 5.41) is 2.84. The van der Waals surface area contributed by atoms with Crippen LogP contribution in [0, 0.1) is 13.8 Å². The van der Waals surface area contributed by atoms with Gasteiger partial charge in [-0.25, -0.2) is 0 Å². The number of rotatable bonds is 9. The molecule has 0 unspecified atom stereocenters. The fourth-order valence-corrected chi connectivity index (χ4v) is 3.68. The fourth-order valence-electron chi connectivity index (χ4n) is 3.68. The van der Waals surface area contributed by atoms with Crippen LogP contribution in [0.5, 0.6) is 17.2 Å².